The van der Waals surface area contributed by atoms with E-state index in [1.54, 1.807) is 7.11 Å². The van der Waals surface area contributed by atoms with Crippen LogP contribution >= 0.6 is 0 Å². The molecule has 13 heavy (non-hydrogen) atoms. The minimum atomic E-state index is -0.292. The van der Waals surface area contributed by atoms with Gasteiger partial charge in [-0.3, -0.25) is 4.79 Å². The highest BCUT2D eigenvalue weighted by Crippen LogP contribution is 2.15. The normalized spacial score (nSPS) is 15.3. The van der Waals surface area contributed by atoms with E-state index in [4.69, 9.17) is 10.5 Å². The lowest BCUT2D eigenvalue weighted by Crippen LogP contribution is -2.51. The Morgan fingerprint density at radius 2 is 2.15 bits per heavy atom. The van der Waals surface area contributed by atoms with E-state index in [0.29, 0.717) is 13.0 Å². The van der Waals surface area contributed by atoms with Crippen molar-refractivity contribution in [2.75, 3.05) is 20.3 Å². The van der Waals surface area contributed by atoms with Crippen molar-refractivity contribution in [3.63, 3.8) is 0 Å². The van der Waals surface area contributed by atoms with Gasteiger partial charge in [-0.15, -0.1) is 0 Å². The van der Waals surface area contributed by atoms with Crippen LogP contribution in [0.3, 0.4) is 0 Å². The number of hydrogen-bond acceptors (Lipinski definition) is 3. The number of likely N-dealkylation sites (N-methyl/N-ethyl adjacent to an activating group) is 1. The molecular weight excluding hydrogens is 168 g/mol. The van der Waals surface area contributed by atoms with Crippen molar-refractivity contribution >= 4 is 5.91 Å². The highest BCUT2D eigenvalue weighted by molar-refractivity contribution is 5.75. The molecule has 1 atom stereocenters. The zero-order chi connectivity index (χ0) is 10.3. The lowest BCUT2D eigenvalue weighted by atomic mass is 9.92. The maximum atomic E-state index is 10.9. The second-order valence-corrected chi connectivity index (χ2v) is 3.24. The zero-order valence-corrected chi connectivity index (χ0v) is 8.72. The average molecular weight is 188 g/mol. The van der Waals surface area contributed by atoms with E-state index in [0.717, 1.165) is 13.0 Å². The number of amides is 1. The minimum Gasteiger partial charge on any atom is -0.383 e. The average Bonchev–Trinajstić information content (AvgIpc) is 2.04. The molecule has 1 unspecified atom stereocenters. The maximum Gasteiger partial charge on any atom is 0.219 e. The standard InChI is InChI=1S/C9H20N2O2/c1-4-9(7-13-3,11-5-2)6-8(10)12/h11H,4-7H2,1-3H3,(H2,10,12). The summed E-state index contributed by atoms with van der Waals surface area (Å²) in [6.45, 7) is 5.34. The predicted molar refractivity (Wildman–Crippen MR) is 52.4 cm³/mol. The van der Waals surface area contributed by atoms with Crippen molar-refractivity contribution in [2.45, 2.75) is 32.2 Å². The van der Waals surface area contributed by atoms with Gasteiger partial charge in [-0.2, -0.15) is 0 Å². The van der Waals surface area contributed by atoms with Crippen LogP contribution in [0.4, 0.5) is 0 Å². The summed E-state index contributed by atoms with van der Waals surface area (Å²) in [4.78, 5) is 10.9. The number of carbonyl (C=O) groups is 1. The van der Waals surface area contributed by atoms with Gasteiger partial charge in [-0.05, 0) is 13.0 Å². The number of primary amides is 1. The van der Waals surface area contributed by atoms with E-state index in [1.165, 1.54) is 0 Å². The molecule has 0 spiro atoms. The molecule has 0 aromatic rings. The van der Waals surface area contributed by atoms with Crippen LogP contribution < -0.4 is 11.1 Å². The van der Waals surface area contributed by atoms with Gasteiger partial charge in [0.25, 0.3) is 0 Å². The van der Waals surface area contributed by atoms with E-state index < -0.39 is 0 Å². The fraction of sp³-hybridized carbons (Fsp3) is 0.889. The molecule has 0 fully saturated rings. The van der Waals surface area contributed by atoms with Crippen LogP contribution in [-0.4, -0.2) is 31.7 Å². The second kappa shape index (κ2) is 5.94. The predicted octanol–water partition coefficient (Wildman–Crippen LogP) is 0.267. The summed E-state index contributed by atoms with van der Waals surface area (Å²) in [5.41, 5.74) is 4.90. The number of nitrogens with two attached hydrogens (primary N) is 1. The van der Waals surface area contributed by atoms with Crippen LogP contribution in [0.5, 0.6) is 0 Å². The second-order valence-electron chi connectivity index (χ2n) is 3.24. The van der Waals surface area contributed by atoms with Crippen molar-refractivity contribution in [3.05, 3.63) is 0 Å². The van der Waals surface area contributed by atoms with E-state index >= 15 is 0 Å². The fourth-order valence-corrected chi connectivity index (χ4v) is 1.50. The fourth-order valence-electron chi connectivity index (χ4n) is 1.50. The summed E-state index contributed by atoms with van der Waals surface area (Å²) in [6.07, 6.45) is 1.16. The lowest BCUT2D eigenvalue weighted by molar-refractivity contribution is -0.120. The Labute approximate surface area is 79.8 Å². The molecular formula is C9H20N2O2. The van der Waals surface area contributed by atoms with Crippen molar-refractivity contribution in [3.8, 4) is 0 Å². The van der Waals surface area contributed by atoms with Crippen molar-refractivity contribution in [1.29, 1.82) is 0 Å². The first-order valence-electron chi connectivity index (χ1n) is 4.62. The smallest absolute Gasteiger partial charge is 0.219 e. The molecule has 4 nitrogen and oxygen atoms in total. The Hall–Kier alpha value is -0.610. The number of ether oxygens (including phenoxy) is 1. The van der Waals surface area contributed by atoms with Crippen molar-refractivity contribution in [2.24, 2.45) is 5.73 Å². The van der Waals surface area contributed by atoms with Gasteiger partial charge in [0.1, 0.15) is 0 Å². The van der Waals surface area contributed by atoms with E-state index in [2.05, 4.69) is 5.32 Å². The molecule has 78 valence electrons. The molecule has 1 amide bonds. The van der Waals surface area contributed by atoms with Crippen LogP contribution in [0, 0.1) is 0 Å². The largest absolute Gasteiger partial charge is 0.383 e. The summed E-state index contributed by atoms with van der Waals surface area (Å²) in [6, 6.07) is 0. The molecule has 4 heteroatoms. The molecule has 0 heterocycles. The summed E-state index contributed by atoms with van der Waals surface area (Å²) in [5, 5.41) is 3.25. The Morgan fingerprint density at radius 1 is 1.54 bits per heavy atom. The number of rotatable bonds is 7. The molecule has 0 saturated carbocycles. The SMILES string of the molecule is CCNC(CC)(COC)CC(N)=O. The molecule has 3 N–H and O–H groups in total. The first kappa shape index (κ1) is 12.4. The quantitative estimate of drug-likeness (QED) is 0.602. The third-order valence-corrected chi connectivity index (χ3v) is 2.16. The number of carbonyl (C=O) groups excluding carboxylic acids is 1. The number of hydrogen-bond donors (Lipinski definition) is 2. The van der Waals surface area contributed by atoms with E-state index in [1.807, 2.05) is 13.8 Å². The van der Waals surface area contributed by atoms with Crippen LogP contribution in [0.15, 0.2) is 0 Å². The Bertz CT molecular complexity index is 154. The first-order valence-corrected chi connectivity index (χ1v) is 4.62. The van der Waals surface area contributed by atoms with Crippen molar-refractivity contribution in [1.82, 2.24) is 5.32 Å². The van der Waals surface area contributed by atoms with Crippen LogP contribution in [0.25, 0.3) is 0 Å². The van der Waals surface area contributed by atoms with Gasteiger partial charge >= 0.3 is 0 Å². The van der Waals surface area contributed by atoms with Gasteiger partial charge in [-0.1, -0.05) is 13.8 Å². The number of nitrogens with one attached hydrogen (secondary N) is 1. The highest BCUT2D eigenvalue weighted by Gasteiger charge is 2.28. The summed E-state index contributed by atoms with van der Waals surface area (Å²) in [5.74, 6) is -0.292. The van der Waals surface area contributed by atoms with Crippen molar-refractivity contribution < 1.29 is 9.53 Å². The molecule has 0 saturated heterocycles. The van der Waals surface area contributed by atoms with Gasteiger partial charge in [0, 0.05) is 13.5 Å². The molecule has 0 aromatic carbocycles. The monoisotopic (exact) mass is 188 g/mol. The van der Waals surface area contributed by atoms with Crippen LogP contribution in [-0.2, 0) is 9.53 Å². The molecule has 0 aliphatic rings. The Kier molecular flexibility index (Phi) is 5.66. The Balaban J connectivity index is 4.33. The molecule has 0 aromatic heterocycles. The van der Waals surface area contributed by atoms with Gasteiger partial charge < -0.3 is 15.8 Å². The van der Waals surface area contributed by atoms with Crippen LogP contribution in [0.2, 0.25) is 0 Å². The minimum absolute atomic E-state index is 0.282. The van der Waals surface area contributed by atoms with E-state index in [-0.39, 0.29) is 11.4 Å². The first-order chi connectivity index (χ1) is 6.10. The molecule has 0 rings (SSSR count). The zero-order valence-electron chi connectivity index (χ0n) is 8.72. The summed E-state index contributed by atoms with van der Waals surface area (Å²) < 4.78 is 5.08. The Morgan fingerprint density at radius 3 is 2.46 bits per heavy atom. The maximum absolute atomic E-state index is 10.9. The topological polar surface area (TPSA) is 64.3 Å². The third kappa shape index (κ3) is 4.24. The van der Waals surface area contributed by atoms with Gasteiger partial charge in [0.2, 0.25) is 5.91 Å². The lowest BCUT2D eigenvalue weighted by Gasteiger charge is -2.31. The van der Waals surface area contributed by atoms with Crippen LogP contribution in [0.1, 0.15) is 26.7 Å². The van der Waals surface area contributed by atoms with E-state index in [9.17, 15) is 4.79 Å². The molecule has 0 radical (unpaired) electrons. The highest BCUT2D eigenvalue weighted by atomic mass is 16.5. The van der Waals surface area contributed by atoms with Gasteiger partial charge in [-0.25, -0.2) is 0 Å². The van der Waals surface area contributed by atoms with Gasteiger partial charge in [0.05, 0.1) is 12.1 Å². The molecule has 0 aliphatic heterocycles. The number of methoxy groups -OCH3 is 1. The summed E-state index contributed by atoms with van der Waals surface area (Å²) >= 11 is 0. The molecule has 0 aliphatic carbocycles. The molecule has 0 bridgehead atoms. The summed E-state index contributed by atoms with van der Waals surface area (Å²) in [7, 11) is 1.63. The van der Waals surface area contributed by atoms with Gasteiger partial charge in [0.15, 0.2) is 0 Å². The third-order valence-electron chi connectivity index (χ3n) is 2.16.